The molecule has 1 aromatic heterocycles. The van der Waals surface area contributed by atoms with E-state index >= 15 is 0 Å². The summed E-state index contributed by atoms with van der Waals surface area (Å²) >= 11 is 0. The Hall–Kier alpha value is -4.23. The predicted octanol–water partition coefficient (Wildman–Crippen LogP) is 6.05. The number of pyridine rings is 1. The number of likely N-dealkylation sites (N-methyl/N-ethyl adjacent to an activating group) is 1. The van der Waals surface area contributed by atoms with E-state index in [4.69, 9.17) is 4.74 Å². The van der Waals surface area contributed by atoms with Crippen LogP contribution < -0.4 is 15.4 Å². The summed E-state index contributed by atoms with van der Waals surface area (Å²) < 4.78 is 62.2. The van der Waals surface area contributed by atoms with Crippen molar-refractivity contribution in [3.8, 4) is 11.5 Å². The van der Waals surface area contributed by atoms with Crippen LogP contribution in [0.25, 0.3) is 0 Å². The van der Waals surface area contributed by atoms with E-state index in [9.17, 15) is 27.2 Å². The zero-order chi connectivity index (χ0) is 31.3. The van der Waals surface area contributed by atoms with E-state index in [1.807, 2.05) is 11.9 Å². The number of piperazine rings is 1. The summed E-state index contributed by atoms with van der Waals surface area (Å²) in [6.45, 7) is 4.35. The molecule has 0 aliphatic carbocycles. The van der Waals surface area contributed by atoms with Gasteiger partial charge in [-0.15, -0.1) is 0 Å². The third-order valence-electron chi connectivity index (χ3n) is 7.68. The molecule has 0 spiro atoms. The van der Waals surface area contributed by atoms with Gasteiger partial charge in [0.25, 0.3) is 5.91 Å². The van der Waals surface area contributed by atoms with Crippen LogP contribution in [0.3, 0.4) is 0 Å². The number of halogens is 4. The molecule has 3 heterocycles. The Morgan fingerprint density at radius 1 is 0.886 bits per heavy atom. The van der Waals surface area contributed by atoms with Crippen molar-refractivity contribution in [3.63, 3.8) is 0 Å². The van der Waals surface area contributed by atoms with E-state index in [2.05, 4.69) is 20.5 Å². The Morgan fingerprint density at radius 3 is 2.32 bits per heavy atom. The molecule has 44 heavy (non-hydrogen) atoms. The molecule has 3 aromatic rings. The summed E-state index contributed by atoms with van der Waals surface area (Å²) in [5.41, 5.74) is -0.773. The summed E-state index contributed by atoms with van der Waals surface area (Å²) in [5.74, 6) is -0.620. The molecule has 0 bridgehead atoms. The Labute approximate surface area is 252 Å². The number of benzene rings is 2. The maximum absolute atomic E-state index is 14.9. The molecule has 9 nitrogen and oxygen atoms in total. The van der Waals surface area contributed by atoms with Gasteiger partial charge in [-0.1, -0.05) is 6.07 Å². The highest BCUT2D eigenvalue weighted by Gasteiger charge is 2.34. The number of carbonyl (C=O) groups is 2. The van der Waals surface area contributed by atoms with Gasteiger partial charge in [0.15, 0.2) is 0 Å². The number of piperidine rings is 1. The number of anilines is 2. The van der Waals surface area contributed by atoms with Gasteiger partial charge in [0, 0.05) is 69.8 Å². The number of rotatable bonds is 7. The minimum absolute atomic E-state index is 0.0788. The molecule has 3 amide bonds. The van der Waals surface area contributed by atoms with E-state index in [1.165, 1.54) is 42.6 Å². The summed E-state index contributed by atoms with van der Waals surface area (Å²) in [6, 6.07) is 9.49. The first-order valence-corrected chi connectivity index (χ1v) is 14.5. The minimum Gasteiger partial charge on any atom is -0.457 e. The highest BCUT2D eigenvalue weighted by Crippen LogP contribution is 2.35. The molecule has 0 saturated carbocycles. The van der Waals surface area contributed by atoms with E-state index in [1.54, 1.807) is 4.90 Å². The summed E-state index contributed by atoms with van der Waals surface area (Å²) in [4.78, 5) is 35.3. The first kappa shape index (κ1) is 31.2. The number of likely N-dealkylation sites (tertiary alicyclic amines) is 1. The standard InChI is InChI=1S/C31H34F4N6O3/c1-39-13-15-40(16-14-39)20-21-5-6-22(17-25(21)31(33,34)35)37-30(43)38-27-8-7-23(18-26(27)32)44-24-9-10-36-28(19-24)29(42)41-11-3-2-4-12-41/h5-10,17-19H,2-4,11-16,20H2,1H3,(H2,37,38,43). The number of carbonyl (C=O) groups excluding carboxylic acids is 2. The number of hydrogen-bond acceptors (Lipinski definition) is 6. The molecule has 2 aromatic carbocycles. The minimum atomic E-state index is -4.62. The van der Waals surface area contributed by atoms with Crippen LogP contribution in [-0.2, 0) is 12.7 Å². The van der Waals surface area contributed by atoms with Crippen LogP contribution in [0.4, 0.5) is 33.7 Å². The molecule has 0 radical (unpaired) electrons. The normalized spacial score (nSPS) is 16.4. The second-order valence-electron chi connectivity index (χ2n) is 11.0. The third kappa shape index (κ3) is 8.03. The SMILES string of the molecule is CN1CCN(Cc2ccc(NC(=O)Nc3ccc(Oc4ccnc(C(=O)N5CCCCC5)c4)cc3F)cc2C(F)(F)F)CC1. The van der Waals surface area contributed by atoms with Gasteiger partial charge in [-0.3, -0.25) is 14.7 Å². The average Bonchev–Trinajstić information content (AvgIpc) is 3.00. The lowest BCUT2D eigenvalue weighted by molar-refractivity contribution is -0.138. The molecule has 2 fully saturated rings. The number of nitrogens with one attached hydrogen (secondary N) is 2. The first-order valence-electron chi connectivity index (χ1n) is 14.5. The number of hydrogen-bond donors (Lipinski definition) is 2. The van der Waals surface area contributed by atoms with Gasteiger partial charge in [-0.05, 0) is 62.2 Å². The lowest BCUT2D eigenvalue weighted by Crippen LogP contribution is -2.44. The van der Waals surface area contributed by atoms with Crippen LogP contribution in [0, 0.1) is 5.82 Å². The van der Waals surface area contributed by atoms with Crippen LogP contribution in [0.15, 0.2) is 54.7 Å². The molecular weight excluding hydrogens is 580 g/mol. The van der Waals surface area contributed by atoms with Crippen molar-refractivity contribution < 1.29 is 31.9 Å². The number of ether oxygens (including phenoxy) is 1. The lowest BCUT2D eigenvalue weighted by Gasteiger charge is -2.33. The largest absolute Gasteiger partial charge is 0.457 e. The Morgan fingerprint density at radius 2 is 1.61 bits per heavy atom. The van der Waals surface area contributed by atoms with Crippen LogP contribution in [0.5, 0.6) is 11.5 Å². The Balaban J connectivity index is 1.21. The highest BCUT2D eigenvalue weighted by atomic mass is 19.4. The van der Waals surface area contributed by atoms with Crippen molar-refractivity contribution in [1.82, 2.24) is 19.7 Å². The second-order valence-corrected chi connectivity index (χ2v) is 11.0. The molecule has 234 valence electrons. The highest BCUT2D eigenvalue weighted by molar-refractivity contribution is 6.00. The predicted molar refractivity (Wildman–Crippen MR) is 157 cm³/mol. The van der Waals surface area contributed by atoms with Crippen molar-refractivity contribution in [2.24, 2.45) is 0 Å². The number of alkyl halides is 3. The lowest BCUT2D eigenvalue weighted by atomic mass is 10.0. The quantitative estimate of drug-likeness (QED) is 0.315. The van der Waals surface area contributed by atoms with Crippen LogP contribution >= 0.6 is 0 Å². The second kappa shape index (κ2) is 13.6. The van der Waals surface area contributed by atoms with Crippen LogP contribution in [0.2, 0.25) is 0 Å². The van der Waals surface area contributed by atoms with Gasteiger partial charge in [0.2, 0.25) is 0 Å². The number of nitrogens with zero attached hydrogens (tertiary/aromatic N) is 4. The maximum atomic E-state index is 14.9. The molecule has 2 aliphatic heterocycles. The van der Waals surface area contributed by atoms with Gasteiger partial charge < -0.3 is 25.2 Å². The number of amides is 3. The smallest absolute Gasteiger partial charge is 0.416 e. The average molecular weight is 615 g/mol. The van der Waals surface area contributed by atoms with Gasteiger partial charge in [-0.25, -0.2) is 9.18 Å². The molecule has 0 atom stereocenters. The fourth-order valence-corrected chi connectivity index (χ4v) is 5.23. The monoisotopic (exact) mass is 614 g/mol. The molecule has 2 aliphatic rings. The molecule has 0 unspecified atom stereocenters. The molecule has 2 N–H and O–H groups in total. The summed E-state index contributed by atoms with van der Waals surface area (Å²) in [7, 11) is 1.97. The van der Waals surface area contributed by atoms with E-state index in [-0.39, 0.29) is 46.6 Å². The summed E-state index contributed by atoms with van der Waals surface area (Å²) in [6.07, 6.45) is -0.210. The first-order chi connectivity index (χ1) is 21.0. The molecular formula is C31H34F4N6O3. The number of urea groups is 1. The van der Waals surface area contributed by atoms with Crippen molar-refractivity contribution in [3.05, 3.63) is 77.4 Å². The van der Waals surface area contributed by atoms with E-state index in [0.717, 1.165) is 44.5 Å². The summed E-state index contributed by atoms with van der Waals surface area (Å²) in [5, 5.41) is 4.67. The van der Waals surface area contributed by atoms with Crippen molar-refractivity contribution in [2.45, 2.75) is 32.0 Å². The Kier molecular flexibility index (Phi) is 9.64. The van der Waals surface area contributed by atoms with Gasteiger partial charge in [0.05, 0.1) is 11.3 Å². The van der Waals surface area contributed by atoms with E-state index < -0.39 is 23.6 Å². The Bertz CT molecular complexity index is 1490. The molecule has 5 rings (SSSR count). The zero-order valence-corrected chi connectivity index (χ0v) is 24.3. The maximum Gasteiger partial charge on any atom is 0.416 e. The van der Waals surface area contributed by atoms with Gasteiger partial charge in [0.1, 0.15) is 23.0 Å². The van der Waals surface area contributed by atoms with E-state index in [0.29, 0.717) is 26.2 Å². The topological polar surface area (TPSA) is 90.0 Å². The van der Waals surface area contributed by atoms with Crippen molar-refractivity contribution in [1.29, 1.82) is 0 Å². The number of aromatic nitrogens is 1. The van der Waals surface area contributed by atoms with Gasteiger partial charge in [-0.2, -0.15) is 13.2 Å². The molecule has 13 heteroatoms. The van der Waals surface area contributed by atoms with Crippen molar-refractivity contribution in [2.75, 3.05) is 56.9 Å². The molecule has 2 saturated heterocycles. The fourth-order valence-electron chi connectivity index (χ4n) is 5.23. The van der Waals surface area contributed by atoms with Crippen LogP contribution in [-0.4, -0.2) is 77.9 Å². The fraction of sp³-hybridized carbons (Fsp3) is 0.387. The zero-order valence-electron chi connectivity index (χ0n) is 24.3. The van der Waals surface area contributed by atoms with Crippen molar-refractivity contribution >= 4 is 23.3 Å². The van der Waals surface area contributed by atoms with Gasteiger partial charge >= 0.3 is 12.2 Å². The third-order valence-corrected chi connectivity index (χ3v) is 7.68. The van der Waals surface area contributed by atoms with Crippen LogP contribution in [0.1, 0.15) is 40.9 Å².